The van der Waals surface area contributed by atoms with E-state index in [-0.39, 0.29) is 11.9 Å². The van der Waals surface area contributed by atoms with E-state index in [4.69, 9.17) is 5.73 Å². The number of anilines is 1. The van der Waals surface area contributed by atoms with Crippen LogP contribution >= 0.6 is 0 Å². The maximum absolute atomic E-state index is 11.7. The Bertz CT molecular complexity index is 548. The van der Waals surface area contributed by atoms with Gasteiger partial charge in [-0.25, -0.2) is 0 Å². The lowest BCUT2D eigenvalue weighted by Crippen LogP contribution is -2.19. The number of hydrogen-bond acceptors (Lipinski definition) is 3. The molecule has 0 fully saturated rings. The van der Waals surface area contributed by atoms with E-state index >= 15 is 0 Å². The maximum atomic E-state index is 11.7. The number of aromatic nitrogens is 2. The highest BCUT2D eigenvalue weighted by Crippen LogP contribution is 2.09. The SMILES string of the molecule is CC(N)CCC(=O)Nc1cnn(Cc2ccccc2)c1. The zero-order valence-electron chi connectivity index (χ0n) is 11.6. The highest BCUT2D eigenvalue weighted by atomic mass is 16.1. The van der Waals surface area contributed by atoms with Crippen molar-refractivity contribution >= 4 is 11.6 Å². The largest absolute Gasteiger partial charge is 0.328 e. The van der Waals surface area contributed by atoms with E-state index in [0.717, 1.165) is 5.69 Å². The number of amides is 1. The molecule has 1 amide bonds. The number of carbonyl (C=O) groups excluding carboxylic acids is 1. The minimum Gasteiger partial charge on any atom is -0.328 e. The van der Waals surface area contributed by atoms with Gasteiger partial charge in [-0.05, 0) is 18.9 Å². The lowest BCUT2D eigenvalue weighted by molar-refractivity contribution is -0.116. The number of nitrogens with one attached hydrogen (secondary N) is 1. The molecule has 1 unspecified atom stereocenters. The Labute approximate surface area is 118 Å². The van der Waals surface area contributed by atoms with Crippen molar-refractivity contribution in [3.63, 3.8) is 0 Å². The van der Waals surface area contributed by atoms with E-state index in [1.165, 1.54) is 5.56 Å². The van der Waals surface area contributed by atoms with Crippen LogP contribution in [0.15, 0.2) is 42.7 Å². The van der Waals surface area contributed by atoms with Crippen molar-refractivity contribution in [2.45, 2.75) is 32.4 Å². The third-order valence-corrected chi connectivity index (χ3v) is 2.93. The van der Waals surface area contributed by atoms with Gasteiger partial charge in [0.25, 0.3) is 0 Å². The Morgan fingerprint density at radius 2 is 2.15 bits per heavy atom. The number of rotatable bonds is 6. The van der Waals surface area contributed by atoms with Crippen LogP contribution < -0.4 is 11.1 Å². The quantitative estimate of drug-likeness (QED) is 0.844. The van der Waals surface area contributed by atoms with Gasteiger partial charge in [0.2, 0.25) is 5.91 Å². The second-order valence-corrected chi connectivity index (χ2v) is 4.98. The van der Waals surface area contributed by atoms with Crippen molar-refractivity contribution in [1.82, 2.24) is 9.78 Å². The monoisotopic (exact) mass is 272 g/mol. The first-order valence-electron chi connectivity index (χ1n) is 6.75. The normalized spacial score (nSPS) is 12.1. The molecule has 1 atom stereocenters. The molecule has 3 N–H and O–H groups in total. The van der Waals surface area contributed by atoms with Gasteiger partial charge in [-0.1, -0.05) is 30.3 Å². The van der Waals surface area contributed by atoms with Gasteiger partial charge in [-0.3, -0.25) is 9.48 Å². The van der Waals surface area contributed by atoms with Crippen molar-refractivity contribution in [2.24, 2.45) is 5.73 Å². The van der Waals surface area contributed by atoms with Crippen LogP contribution in [0.3, 0.4) is 0 Å². The van der Waals surface area contributed by atoms with Crippen molar-refractivity contribution in [3.8, 4) is 0 Å². The van der Waals surface area contributed by atoms with E-state index < -0.39 is 0 Å². The number of nitrogens with zero attached hydrogens (tertiary/aromatic N) is 2. The maximum Gasteiger partial charge on any atom is 0.224 e. The number of nitrogens with two attached hydrogens (primary N) is 1. The molecule has 0 saturated carbocycles. The molecule has 0 saturated heterocycles. The molecule has 0 spiro atoms. The predicted molar refractivity (Wildman–Crippen MR) is 79.3 cm³/mol. The van der Waals surface area contributed by atoms with Crippen LogP contribution in [0.25, 0.3) is 0 Å². The van der Waals surface area contributed by atoms with Crippen LogP contribution in [-0.2, 0) is 11.3 Å². The number of hydrogen-bond donors (Lipinski definition) is 2. The summed E-state index contributed by atoms with van der Waals surface area (Å²) in [6.07, 6.45) is 4.61. The third-order valence-electron chi connectivity index (χ3n) is 2.93. The Kier molecular flexibility index (Phi) is 4.90. The Morgan fingerprint density at radius 1 is 1.40 bits per heavy atom. The fourth-order valence-electron chi connectivity index (χ4n) is 1.87. The topological polar surface area (TPSA) is 72.9 Å². The molecule has 1 heterocycles. The van der Waals surface area contributed by atoms with Crippen LogP contribution in [0.4, 0.5) is 5.69 Å². The molecule has 1 aromatic carbocycles. The second kappa shape index (κ2) is 6.86. The molecule has 0 aliphatic rings. The summed E-state index contributed by atoms with van der Waals surface area (Å²) >= 11 is 0. The molecule has 5 heteroatoms. The molecular weight excluding hydrogens is 252 g/mol. The summed E-state index contributed by atoms with van der Waals surface area (Å²) in [5.41, 5.74) is 7.52. The van der Waals surface area contributed by atoms with E-state index in [1.54, 1.807) is 10.9 Å². The lowest BCUT2D eigenvalue weighted by atomic mass is 10.2. The minimum absolute atomic E-state index is 0.0263. The minimum atomic E-state index is -0.0263. The first kappa shape index (κ1) is 14.3. The van der Waals surface area contributed by atoms with Gasteiger partial charge in [-0.15, -0.1) is 0 Å². The van der Waals surface area contributed by atoms with Crippen molar-refractivity contribution in [1.29, 1.82) is 0 Å². The van der Waals surface area contributed by atoms with Gasteiger partial charge in [0.05, 0.1) is 18.4 Å². The molecule has 106 valence electrons. The molecular formula is C15H20N4O. The number of carbonyl (C=O) groups is 1. The highest BCUT2D eigenvalue weighted by Gasteiger charge is 2.06. The fraction of sp³-hybridized carbons (Fsp3) is 0.333. The Balaban J connectivity index is 1.87. The van der Waals surface area contributed by atoms with Gasteiger partial charge in [0.15, 0.2) is 0 Å². The molecule has 5 nitrogen and oxygen atoms in total. The summed E-state index contributed by atoms with van der Waals surface area (Å²) in [5, 5.41) is 7.06. The summed E-state index contributed by atoms with van der Waals surface area (Å²) in [5.74, 6) is -0.0263. The van der Waals surface area contributed by atoms with Crippen LogP contribution in [0.5, 0.6) is 0 Å². The van der Waals surface area contributed by atoms with E-state index in [2.05, 4.69) is 10.4 Å². The fourth-order valence-corrected chi connectivity index (χ4v) is 1.87. The van der Waals surface area contributed by atoms with Crippen LogP contribution in [0.2, 0.25) is 0 Å². The zero-order chi connectivity index (χ0) is 14.4. The predicted octanol–water partition coefficient (Wildman–Crippen LogP) is 2.00. The molecule has 0 aliphatic carbocycles. The molecule has 20 heavy (non-hydrogen) atoms. The summed E-state index contributed by atoms with van der Waals surface area (Å²) < 4.78 is 1.80. The molecule has 0 radical (unpaired) electrons. The van der Waals surface area contributed by atoms with Crippen LogP contribution in [0.1, 0.15) is 25.3 Å². The Hall–Kier alpha value is -2.14. The van der Waals surface area contributed by atoms with Crippen LogP contribution in [0, 0.1) is 0 Å². The van der Waals surface area contributed by atoms with Gasteiger partial charge in [0.1, 0.15) is 0 Å². The standard InChI is InChI=1S/C15H20N4O/c1-12(16)7-8-15(20)18-14-9-17-19(11-14)10-13-5-3-2-4-6-13/h2-6,9,11-12H,7-8,10,16H2,1H3,(H,18,20). The van der Waals surface area contributed by atoms with Gasteiger partial charge in [0, 0.05) is 18.7 Å². The number of benzene rings is 1. The first-order chi connectivity index (χ1) is 9.63. The third kappa shape index (κ3) is 4.51. The lowest BCUT2D eigenvalue weighted by Gasteiger charge is -2.04. The Morgan fingerprint density at radius 3 is 2.85 bits per heavy atom. The zero-order valence-corrected chi connectivity index (χ0v) is 11.6. The summed E-state index contributed by atoms with van der Waals surface area (Å²) in [7, 11) is 0. The van der Waals surface area contributed by atoms with E-state index in [0.29, 0.717) is 19.4 Å². The first-order valence-corrected chi connectivity index (χ1v) is 6.75. The molecule has 0 aliphatic heterocycles. The second-order valence-electron chi connectivity index (χ2n) is 4.98. The average molecular weight is 272 g/mol. The molecule has 2 rings (SSSR count). The summed E-state index contributed by atoms with van der Waals surface area (Å²) in [6.45, 7) is 2.59. The molecule has 0 bridgehead atoms. The highest BCUT2D eigenvalue weighted by molar-refractivity contribution is 5.90. The average Bonchev–Trinajstić information content (AvgIpc) is 2.85. The summed E-state index contributed by atoms with van der Waals surface area (Å²) in [6, 6.07) is 10.1. The van der Waals surface area contributed by atoms with Crippen molar-refractivity contribution in [3.05, 3.63) is 48.3 Å². The van der Waals surface area contributed by atoms with E-state index in [1.807, 2.05) is 43.5 Å². The van der Waals surface area contributed by atoms with Gasteiger partial charge in [-0.2, -0.15) is 5.10 Å². The summed E-state index contributed by atoms with van der Waals surface area (Å²) in [4.78, 5) is 11.7. The molecule has 2 aromatic rings. The smallest absolute Gasteiger partial charge is 0.224 e. The van der Waals surface area contributed by atoms with Crippen molar-refractivity contribution < 1.29 is 4.79 Å². The van der Waals surface area contributed by atoms with Crippen molar-refractivity contribution in [2.75, 3.05) is 5.32 Å². The molecule has 1 aromatic heterocycles. The van der Waals surface area contributed by atoms with Crippen LogP contribution in [-0.4, -0.2) is 21.7 Å². The van der Waals surface area contributed by atoms with Gasteiger partial charge < -0.3 is 11.1 Å². The van der Waals surface area contributed by atoms with E-state index in [9.17, 15) is 4.79 Å². The van der Waals surface area contributed by atoms with Gasteiger partial charge >= 0.3 is 0 Å².